The van der Waals surface area contributed by atoms with E-state index in [1.165, 1.54) is 0 Å². The van der Waals surface area contributed by atoms with Gasteiger partial charge in [-0.3, -0.25) is 9.47 Å². The van der Waals surface area contributed by atoms with Gasteiger partial charge in [-0.25, -0.2) is 18.7 Å². The number of hydrogen-bond acceptors (Lipinski definition) is 6. The highest BCUT2D eigenvalue weighted by Crippen LogP contribution is 2.50. The number of anilines is 1. The van der Waals surface area contributed by atoms with Gasteiger partial charge in [0.15, 0.2) is 5.82 Å². The van der Waals surface area contributed by atoms with E-state index in [1.54, 1.807) is 12.5 Å². The molecule has 178 valence electrons. The number of aromatic nitrogens is 5. The lowest BCUT2D eigenvalue weighted by Crippen LogP contribution is -2.59. The molecule has 3 aromatic rings. The second kappa shape index (κ2) is 7.95. The Morgan fingerprint density at radius 1 is 1.06 bits per heavy atom. The van der Waals surface area contributed by atoms with Gasteiger partial charge in [0, 0.05) is 55.2 Å². The molecule has 0 spiro atoms. The largest absolute Gasteiger partial charge is 0.356 e. The molecule has 2 fully saturated rings. The van der Waals surface area contributed by atoms with Crippen molar-refractivity contribution in [3.8, 4) is 5.69 Å². The predicted octanol–water partition coefficient (Wildman–Crippen LogP) is 4.60. The second-order valence-corrected chi connectivity index (χ2v) is 10.4. The van der Waals surface area contributed by atoms with E-state index >= 15 is 0 Å². The molecule has 34 heavy (non-hydrogen) atoms. The maximum atomic E-state index is 13.9. The molecule has 2 aliphatic heterocycles. The summed E-state index contributed by atoms with van der Waals surface area (Å²) in [5, 5.41) is 9.84. The SMILES string of the molecule is CC1(N2Cc3cc(Cl)ccc3-n3c(nnc3C3CCN(c4ccncn4)CC3)C2)CC(F)(F)C1. The topological polar surface area (TPSA) is 63.0 Å². The summed E-state index contributed by atoms with van der Waals surface area (Å²) >= 11 is 6.35. The Balaban J connectivity index is 1.32. The van der Waals surface area contributed by atoms with Gasteiger partial charge in [-0.05, 0) is 49.6 Å². The Bertz CT molecular complexity index is 1200. The molecule has 1 aliphatic carbocycles. The zero-order chi connectivity index (χ0) is 23.5. The molecular formula is C24H26ClF2N7. The molecule has 0 bridgehead atoms. The number of fused-ring (bicyclic) bond motifs is 3. The quantitative estimate of drug-likeness (QED) is 0.540. The molecule has 0 atom stereocenters. The smallest absolute Gasteiger partial charge is 0.251 e. The normalized spacial score (nSPS) is 21.9. The highest BCUT2D eigenvalue weighted by atomic mass is 35.5. The van der Waals surface area contributed by atoms with Crippen molar-refractivity contribution >= 4 is 17.4 Å². The fourth-order valence-electron chi connectivity index (χ4n) is 5.80. The molecule has 1 aromatic carbocycles. The van der Waals surface area contributed by atoms with Crippen LogP contribution in [-0.2, 0) is 13.1 Å². The van der Waals surface area contributed by atoms with Gasteiger partial charge in [0.1, 0.15) is 18.0 Å². The standard InChI is InChI=1S/C24H26ClF2N7/c1-23(13-24(26,27)14-23)33-11-17-10-18(25)2-3-19(17)34-21(12-33)30-31-22(34)16-5-8-32(9-6-16)20-4-7-28-15-29-20/h2-4,7,10,15-16H,5-6,8-9,11-14H2,1H3. The summed E-state index contributed by atoms with van der Waals surface area (Å²) in [5.74, 6) is 0.319. The van der Waals surface area contributed by atoms with E-state index < -0.39 is 11.5 Å². The van der Waals surface area contributed by atoms with Gasteiger partial charge in [-0.2, -0.15) is 0 Å². The first-order valence-electron chi connectivity index (χ1n) is 11.7. The van der Waals surface area contributed by atoms with Crippen LogP contribution >= 0.6 is 11.6 Å². The maximum absolute atomic E-state index is 13.9. The molecule has 3 aliphatic rings. The van der Waals surface area contributed by atoms with Crippen LogP contribution in [0, 0.1) is 0 Å². The summed E-state index contributed by atoms with van der Waals surface area (Å²) in [6, 6.07) is 7.76. The third-order valence-electron chi connectivity index (χ3n) is 7.52. The van der Waals surface area contributed by atoms with Crippen LogP contribution in [0.1, 0.15) is 55.7 Å². The number of benzene rings is 1. The molecular weight excluding hydrogens is 460 g/mol. The first kappa shape index (κ1) is 21.9. The lowest BCUT2D eigenvalue weighted by atomic mass is 9.73. The van der Waals surface area contributed by atoms with Gasteiger partial charge in [0.25, 0.3) is 5.92 Å². The van der Waals surface area contributed by atoms with E-state index in [0.29, 0.717) is 18.1 Å². The van der Waals surface area contributed by atoms with Crippen molar-refractivity contribution in [1.82, 2.24) is 29.6 Å². The van der Waals surface area contributed by atoms with Crippen molar-refractivity contribution in [3.63, 3.8) is 0 Å². The molecule has 7 nitrogen and oxygen atoms in total. The van der Waals surface area contributed by atoms with Crippen molar-refractivity contribution in [2.24, 2.45) is 0 Å². The van der Waals surface area contributed by atoms with Crippen LogP contribution < -0.4 is 4.90 Å². The second-order valence-electron chi connectivity index (χ2n) is 9.97. The summed E-state index contributed by atoms with van der Waals surface area (Å²) < 4.78 is 29.9. The van der Waals surface area contributed by atoms with Crippen LogP contribution in [0.25, 0.3) is 5.69 Å². The average molecular weight is 486 g/mol. The minimum atomic E-state index is -2.60. The Hall–Kier alpha value is -2.65. The molecule has 10 heteroatoms. The minimum Gasteiger partial charge on any atom is -0.356 e. The number of piperidine rings is 1. The van der Waals surface area contributed by atoms with Crippen LogP contribution in [0.15, 0.2) is 36.8 Å². The minimum absolute atomic E-state index is 0.140. The number of hydrogen-bond donors (Lipinski definition) is 0. The summed E-state index contributed by atoms with van der Waals surface area (Å²) in [6.45, 7) is 4.70. The Morgan fingerprint density at radius 3 is 2.56 bits per heavy atom. The van der Waals surface area contributed by atoms with Gasteiger partial charge in [0.05, 0.1) is 12.2 Å². The lowest BCUT2D eigenvalue weighted by molar-refractivity contribution is -0.173. The predicted molar refractivity (Wildman–Crippen MR) is 124 cm³/mol. The van der Waals surface area contributed by atoms with E-state index in [2.05, 4.69) is 34.5 Å². The molecule has 1 saturated heterocycles. The monoisotopic (exact) mass is 485 g/mol. The van der Waals surface area contributed by atoms with Crippen molar-refractivity contribution in [1.29, 1.82) is 0 Å². The molecule has 6 rings (SSSR count). The molecule has 2 aromatic heterocycles. The van der Waals surface area contributed by atoms with Crippen LogP contribution in [0.5, 0.6) is 0 Å². The lowest BCUT2D eigenvalue weighted by Gasteiger charge is -2.51. The van der Waals surface area contributed by atoms with Crippen LogP contribution in [0.2, 0.25) is 5.02 Å². The maximum Gasteiger partial charge on any atom is 0.251 e. The fraction of sp³-hybridized carbons (Fsp3) is 0.500. The third kappa shape index (κ3) is 3.75. The van der Waals surface area contributed by atoms with Gasteiger partial charge in [0.2, 0.25) is 0 Å². The van der Waals surface area contributed by atoms with Gasteiger partial charge in [-0.1, -0.05) is 11.6 Å². The molecule has 0 radical (unpaired) electrons. The summed E-state index contributed by atoms with van der Waals surface area (Å²) in [6.07, 6.45) is 4.92. The average Bonchev–Trinajstić information content (AvgIpc) is 3.14. The summed E-state index contributed by atoms with van der Waals surface area (Å²) in [4.78, 5) is 12.8. The molecule has 0 amide bonds. The molecule has 0 N–H and O–H groups in total. The van der Waals surface area contributed by atoms with E-state index in [9.17, 15) is 8.78 Å². The number of rotatable bonds is 3. The zero-order valence-corrected chi connectivity index (χ0v) is 19.7. The first-order chi connectivity index (χ1) is 16.3. The van der Waals surface area contributed by atoms with Crippen molar-refractivity contribution in [2.45, 2.75) is 63.1 Å². The van der Waals surface area contributed by atoms with Gasteiger partial charge >= 0.3 is 0 Å². The Labute approximate surface area is 201 Å². The van der Waals surface area contributed by atoms with Crippen molar-refractivity contribution in [2.75, 3.05) is 18.0 Å². The van der Waals surface area contributed by atoms with E-state index in [1.807, 2.05) is 31.2 Å². The highest BCUT2D eigenvalue weighted by Gasteiger charge is 2.57. The Kier molecular flexibility index (Phi) is 5.11. The van der Waals surface area contributed by atoms with E-state index in [4.69, 9.17) is 11.6 Å². The van der Waals surface area contributed by atoms with E-state index in [-0.39, 0.29) is 18.8 Å². The molecule has 4 heterocycles. The number of alkyl halides is 2. The third-order valence-corrected chi connectivity index (χ3v) is 7.76. The van der Waals surface area contributed by atoms with Crippen LogP contribution in [0.4, 0.5) is 14.6 Å². The van der Waals surface area contributed by atoms with Gasteiger partial charge < -0.3 is 4.90 Å². The first-order valence-corrected chi connectivity index (χ1v) is 12.1. The molecule has 1 saturated carbocycles. The van der Waals surface area contributed by atoms with Gasteiger partial charge in [-0.15, -0.1) is 10.2 Å². The van der Waals surface area contributed by atoms with Crippen LogP contribution in [0.3, 0.4) is 0 Å². The molecule has 0 unspecified atom stereocenters. The fourth-order valence-corrected chi connectivity index (χ4v) is 5.99. The zero-order valence-electron chi connectivity index (χ0n) is 19.0. The van der Waals surface area contributed by atoms with Crippen molar-refractivity contribution < 1.29 is 8.78 Å². The number of nitrogens with zero attached hydrogens (tertiary/aromatic N) is 7. The Morgan fingerprint density at radius 2 is 1.85 bits per heavy atom. The highest BCUT2D eigenvalue weighted by molar-refractivity contribution is 6.30. The van der Waals surface area contributed by atoms with Crippen molar-refractivity contribution in [3.05, 3.63) is 59.0 Å². The number of halogens is 3. The van der Waals surface area contributed by atoms with E-state index in [0.717, 1.165) is 54.6 Å². The van der Waals surface area contributed by atoms with Crippen LogP contribution in [-0.4, -0.2) is 54.2 Å². The summed E-state index contributed by atoms with van der Waals surface area (Å²) in [7, 11) is 0. The summed E-state index contributed by atoms with van der Waals surface area (Å²) in [5.41, 5.74) is 1.43.